The molecule has 3 aromatic heterocycles. The highest BCUT2D eigenvalue weighted by Gasteiger charge is 2.19. The van der Waals surface area contributed by atoms with Crippen molar-refractivity contribution in [3.63, 3.8) is 0 Å². The minimum atomic E-state index is -1.06. The van der Waals surface area contributed by atoms with E-state index in [1.54, 1.807) is 0 Å². The van der Waals surface area contributed by atoms with Gasteiger partial charge in [0.1, 0.15) is 0 Å². The summed E-state index contributed by atoms with van der Waals surface area (Å²) in [5.41, 5.74) is -7.75. The monoisotopic (exact) mass is 775 g/mol. The van der Waals surface area contributed by atoms with Crippen molar-refractivity contribution in [3.8, 4) is 44.8 Å². The molecule has 0 bridgehead atoms. The normalized spacial score (nSPS) is 20.0. The smallest absolute Gasteiger partial charge is 0.0645 e. The van der Waals surface area contributed by atoms with Crippen molar-refractivity contribution in [3.05, 3.63) is 205 Å². The molecule has 0 aliphatic rings. The fraction of sp³-hybridized carbons (Fsp3) is 0. The Hall–Kier alpha value is -7.20. The molecule has 0 spiro atoms. The van der Waals surface area contributed by atoms with E-state index in [4.69, 9.17) is 26.0 Å². The van der Waals surface area contributed by atoms with E-state index in [1.807, 2.05) is 0 Å². The SMILES string of the molecule is [2H]c1cc(-c2c([2H])c([2H])c(-c3c([2H])c([2H])c([2H])c([2H])c3[2H])c([2H])c2[2H])c2sc3c(-n4c5c([2H])c([2H])c([2H])c([2H])c5c5c([2H])c(-c6c([2H])c([2H])c7c(c6[2H])c6c([2H])c([2H])c([2H])c([2H])c6n7-c6c([2H])c([2H])c([2H])c([2H])c6[2H])c([2H])c([2H])c54)c([2H])c([2H])c([2H])c3c2c1[2H]. The van der Waals surface area contributed by atoms with E-state index < -0.39 is 282 Å². The van der Waals surface area contributed by atoms with Gasteiger partial charge in [-0.3, -0.25) is 0 Å². The van der Waals surface area contributed by atoms with Gasteiger partial charge in [0.05, 0.1) is 77.7 Å². The third-order valence-electron chi connectivity index (χ3n) is 9.29. The lowest BCUT2D eigenvalue weighted by atomic mass is 9.99. The first-order chi connectivity index (χ1) is 42.0. The van der Waals surface area contributed by atoms with Gasteiger partial charge in [0.25, 0.3) is 0 Å². The molecule has 0 amide bonds. The Labute approximate surface area is 380 Å². The number of hydrogen-bond acceptors (Lipinski definition) is 1. The standard InChI is InChI=1S/C54H34N2S/c1-3-13-35(14-4-1)36-25-27-37(28-26-36)41-19-11-20-44-45-21-12-24-52(54(45)57-53(41)44)56-49-23-10-8-18-43(49)47-34-39(30-32-51(47)56)38-29-31-50-46(33-38)42-17-7-9-22-48(42)55(50)40-15-5-2-6-16-40/h1-34H/i1D,2D,3D,4D,5D,6D,7D,8D,9D,10D,11D,12D,13D,14D,15D,16D,17D,18D,20D,21D,22D,23D,24D,25D,26D,27D,28D,29D,30D,31D,32D,33D,34D. The number of nitrogens with zero attached hydrogens (tertiary/aromatic N) is 2. The minimum Gasteiger partial charge on any atom is -0.309 e. The second kappa shape index (κ2) is 12.7. The van der Waals surface area contributed by atoms with Crippen LogP contribution >= 0.6 is 11.3 Å². The van der Waals surface area contributed by atoms with E-state index in [0.29, 0.717) is 11.3 Å². The van der Waals surface area contributed by atoms with Gasteiger partial charge in [0.2, 0.25) is 0 Å². The van der Waals surface area contributed by atoms with Gasteiger partial charge in [0.15, 0.2) is 0 Å². The van der Waals surface area contributed by atoms with Crippen molar-refractivity contribution in [2.75, 3.05) is 0 Å². The molecule has 0 radical (unpaired) electrons. The van der Waals surface area contributed by atoms with Crippen LogP contribution in [0.1, 0.15) is 45.2 Å². The van der Waals surface area contributed by atoms with Gasteiger partial charge >= 0.3 is 0 Å². The predicted octanol–water partition coefficient (Wildman–Crippen LogP) is 15.2. The van der Waals surface area contributed by atoms with E-state index in [2.05, 4.69) is 0 Å². The largest absolute Gasteiger partial charge is 0.309 e. The second-order valence-corrected chi connectivity index (χ2v) is 13.4. The number of benzene rings is 9. The molecule has 266 valence electrons. The summed E-state index contributed by atoms with van der Waals surface area (Å²) >= 11 is 0.579. The summed E-state index contributed by atoms with van der Waals surface area (Å²) in [5.74, 6) is 0. The maximum atomic E-state index is 10.1. The number of fused-ring (bicyclic) bond motifs is 9. The molecule has 2 nitrogen and oxygen atoms in total. The topological polar surface area (TPSA) is 9.86 Å². The van der Waals surface area contributed by atoms with E-state index in [1.165, 1.54) is 0 Å². The van der Waals surface area contributed by atoms with Crippen LogP contribution < -0.4 is 0 Å². The fourth-order valence-electron chi connectivity index (χ4n) is 6.85. The summed E-state index contributed by atoms with van der Waals surface area (Å²) < 4.78 is 300. The molecule has 9 aromatic carbocycles. The second-order valence-electron chi connectivity index (χ2n) is 12.4. The van der Waals surface area contributed by atoms with Gasteiger partial charge in [-0.15, -0.1) is 11.3 Å². The van der Waals surface area contributed by atoms with Crippen LogP contribution in [0.2, 0.25) is 0 Å². The third kappa shape index (κ3) is 4.96. The molecule has 0 aliphatic carbocycles. The average Bonchev–Trinajstić information content (AvgIpc) is 1.52. The van der Waals surface area contributed by atoms with E-state index >= 15 is 0 Å². The van der Waals surface area contributed by atoms with Crippen LogP contribution in [-0.2, 0) is 0 Å². The average molecular weight is 776 g/mol. The summed E-state index contributed by atoms with van der Waals surface area (Å²) in [6, 6.07) is -28.3. The van der Waals surface area contributed by atoms with E-state index in [9.17, 15) is 19.2 Å². The van der Waals surface area contributed by atoms with Crippen LogP contribution in [0.25, 0.3) is 109 Å². The van der Waals surface area contributed by atoms with Crippen LogP contribution in [0.4, 0.5) is 0 Å². The molecule has 0 fully saturated rings. The summed E-state index contributed by atoms with van der Waals surface area (Å²) in [6.45, 7) is 0. The molecule has 0 saturated heterocycles. The van der Waals surface area contributed by atoms with Crippen LogP contribution in [0.3, 0.4) is 0 Å². The summed E-state index contributed by atoms with van der Waals surface area (Å²) in [5, 5.41) is -3.13. The van der Waals surface area contributed by atoms with Crippen LogP contribution in [0, 0.1) is 0 Å². The van der Waals surface area contributed by atoms with E-state index in [0.717, 1.165) is 15.2 Å². The predicted molar refractivity (Wildman–Crippen MR) is 244 cm³/mol. The number of hydrogen-bond donors (Lipinski definition) is 0. The van der Waals surface area contributed by atoms with Crippen LogP contribution in [-0.4, -0.2) is 9.13 Å². The Bertz CT molecular complexity index is 5380. The number of aromatic nitrogens is 2. The molecule has 0 aliphatic heterocycles. The zero-order valence-electron chi connectivity index (χ0n) is 61.4. The lowest BCUT2D eigenvalue weighted by molar-refractivity contribution is 1.18. The van der Waals surface area contributed by atoms with Crippen molar-refractivity contribution in [2.45, 2.75) is 0 Å². The Balaban J connectivity index is 1.23. The Morgan fingerprint density at radius 2 is 0.825 bits per heavy atom. The Morgan fingerprint density at radius 1 is 0.333 bits per heavy atom. The minimum absolute atomic E-state index is 0.189. The molecule has 3 heterocycles. The number of thiophene rings is 1. The molecule has 0 saturated carbocycles. The highest BCUT2D eigenvalue weighted by molar-refractivity contribution is 7.26. The lowest BCUT2D eigenvalue weighted by Gasteiger charge is -2.10. The van der Waals surface area contributed by atoms with Crippen molar-refractivity contribution < 1.29 is 45.2 Å². The molecule has 12 rings (SSSR count). The summed E-state index contributed by atoms with van der Waals surface area (Å²) in [6.07, 6.45) is 0. The van der Waals surface area contributed by atoms with Gasteiger partial charge in [0, 0.05) is 42.7 Å². The van der Waals surface area contributed by atoms with Crippen LogP contribution in [0.5, 0.6) is 0 Å². The third-order valence-corrected chi connectivity index (χ3v) is 10.5. The number of para-hydroxylation sites is 3. The first kappa shape index (κ1) is 13.5. The van der Waals surface area contributed by atoms with Gasteiger partial charge in [-0.25, -0.2) is 0 Å². The van der Waals surface area contributed by atoms with Crippen molar-refractivity contribution >= 4 is 75.1 Å². The van der Waals surface area contributed by atoms with Gasteiger partial charge < -0.3 is 9.13 Å². The summed E-state index contributed by atoms with van der Waals surface area (Å²) in [7, 11) is 0. The van der Waals surface area contributed by atoms with Gasteiger partial charge in [-0.1, -0.05) is 151 Å². The highest BCUT2D eigenvalue weighted by Crippen LogP contribution is 2.45. The lowest BCUT2D eigenvalue weighted by Crippen LogP contribution is -1.94. The molecule has 0 atom stereocenters. The van der Waals surface area contributed by atoms with Crippen molar-refractivity contribution in [1.82, 2.24) is 9.13 Å². The maximum absolute atomic E-state index is 10.1. The quantitative estimate of drug-likeness (QED) is 0.165. The molecule has 12 aromatic rings. The zero-order valence-corrected chi connectivity index (χ0v) is 29.2. The highest BCUT2D eigenvalue weighted by atomic mass is 32.1. The van der Waals surface area contributed by atoms with Gasteiger partial charge in [-0.05, 0) is 87.8 Å². The molecule has 3 heteroatoms. The van der Waals surface area contributed by atoms with Gasteiger partial charge in [-0.2, -0.15) is 0 Å². The zero-order chi connectivity index (χ0) is 66.2. The molecule has 0 N–H and O–H groups in total. The summed E-state index contributed by atoms with van der Waals surface area (Å²) in [4.78, 5) is 0. The molecular formula is C54H34N2S. The van der Waals surface area contributed by atoms with Crippen molar-refractivity contribution in [2.24, 2.45) is 0 Å². The fourth-order valence-corrected chi connectivity index (χ4v) is 8.08. The Morgan fingerprint density at radius 3 is 1.53 bits per heavy atom. The molecular weight excluding hydrogens is 709 g/mol. The number of rotatable bonds is 5. The van der Waals surface area contributed by atoms with Crippen LogP contribution in [0.15, 0.2) is 205 Å². The first-order valence-electron chi connectivity index (χ1n) is 33.3. The van der Waals surface area contributed by atoms with E-state index in [-0.39, 0.29) is 25.7 Å². The maximum Gasteiger partial charge on any atom is 0.0645 e. The first-order valence-corrected chi connectivity index (χ1v) is 17.6. The molecule has 57 heavy (non-hydrogen) atoms. The Kier molecular flexibility index (Phi) is 3.00. The molecule has 0 unspecified atom stereocenters. The van der Waals surface area contributed by atoms with Crippen molar-refractivity contribution in [1.29, 1.82) is 0 Å².